The lowest BCUT2D eigenvalue weighted by atomic mass is 9.99. The normalized spacial score (nSPS) is 16.7. The highest BCUT2D eigenvalue weighted by Gasteiger charge is 2.25. The van der Waals surface area contributed by atoms with Gasteiger partial charge in [0, 0.05) is 30.8 Å². The second-order valence-corrected chi connectivity index (χ2v) is 8.41. The third-order valence-corrected chi connectivity index (χ3v) is 6.33. The quantitative estimate of drug-likeness (QED) is 0.393. The molecule has 1 aliphatic heterocycles. The van der Waals surface area contributed by atoms with Gasteiger partial charge < -0.3 is 20.3 Å². The van der Waals surface area contributed by atoms with Gasteiger partial charge in [0.15, 0.2) is 17.3 Å². The molecule has 1 aromatic carbocycles. The number of aliphatic hydroxyl groups excluding tert-OH is 1. The van der Waals surface area contributed by atoms with Gasteiger partial charge in [-0.3, -0.25) is 0 Å². The van der Waals surface area contributed by atoms with Crippen LogP contribution >= 0.6 is 0 Å². The number of aliphatic hydroxyl groups is 1. The zero-order valence-electron chi connectivity index (χ0n) is 18.5. The highest BCUT2D eigenvalue weighted by atomic mass is 19.2. The lowest BCUT2D eigenvalue weighted by Crippen LogP contribution is -2.40. The van der Waals surface area contributed by atoms with Gasteiger partial charge in [0.05, 0.1) is 18.3 Å². The van der Waals surface area contributed by atoms with Crippen molar-refractivity contribution in [2.75, 3.05) is 23.4 Å². The molecule has 4 heterocycles. The summed E-state index contributed by atoms with van der Waals surface area (Å²) in [5.41, 5.74) is 2.25. The van der Waals surface area contributed by atoms with Crippen molar-refractivity contribution in [3.05, 3.63) is 47.4 Å². The van der Waals surface area contributed by atoms with Gasteiger partial charge in [-0.1, -0.05) is 6.92 Å². The molecule has 1 aliphatic rings. The van der Waals surface area contributed by atoms with Crippen LogP contribution < -0.4 is 10.2 Å². The number of anilines is 2. The molecular formula is C23H27F2N7O. The van der Waals surface area contributed by atoms with Crippen LogP contribution in [-0.4, -0.2) is 48.9 Å². The van der Waals surface area contributed by atoms with Gasteiger partial charge in [-0.05, 0) is 44.2 Å². The van der Waals surface area contributed by atoms with E-state index in [9.17, 15) is 13.9 Å². The molecule has 0 unspecified atom stereocenters. The van der Waals surface area contributed by atoms with Crippen LogP contribution in [0.25, 0.3) is 16.7 Å². The Kier molecular flexibility index (Phi) is 5.84. The number of aryl methyl sites for hydroxylation is 1. The van der Waals surface area contributed by atoms with E-state index in [2.05, 4.69) is 32.2 Å². The van der Waals surface area contributed by atoms with Crippen molar-refractivity contribution in [1.29, 1.82) is 0 Å². The van der Waals surface area contributed by atoms with Crippen molar-refractivity contribution in [2.24, 2.45) is 0 Å². The van der Waals surface area contributed by atoms with Crippen LogP contribution in [0.2, 0.25) is 0 Å². The first-order valence-electron chi connectivity index (χ1n) is 11.4. The number of benzene rings is 1. The predicted molar refractivity (Wildman–Crippen MR) is 122 cm³/mol. The zero-order chi connectivity index (χ0) is 22.9. The number of hydrogen-bond acceptors (Lipinski definition) is 6. The Morgan fingerprint density at radius 3 is 2.94 bits per heavy atom. The van der Waals surface area contributed by atoms with Gasteiger partial charge in [-0.25, -0.2) is 18.7 Å². The summed E-state index contributed by atoms with van der Waals surface area (Å²) >= 11 is 0. The third kappa shape index (κ3) is 3.99. The number of nitrogens with zero attached hydrogens (tertiary/aromatic N) is 5. The second kappa shape index (κ2) is 8.93. The molecule has 0 amide bonds. The van der Waals surface area contributed by atoms with Crippen molar-refractivity contribution in [2.45, 2.75) is 51.6 Å². The molecule has 3 aromatic heterocycles. The number of imidazole rings is 1. The molecule has 33 heavy (non-hydrogen) atoms. The standard InChI is InChI=1S/C23H27F2N7O/c1-2-14-12-27-32-19(26-13-18-28-17-7-6-16(24)21(25)22(17)29-18)11-20(30-23(14)32)31-9-4-3-5-15(31)8-10-33/h6-7,11-12,15,26,33H,2-5,8-10,13H2,1H3,(H,28,29)/t15-/m0/s1. The van der Waals surface area contributed by atoms with Gasteiger partial charge >= 0.3 is 0 Å². The molecule has 1 atom stereocenters. The molecule has 10 heteroatoms. The summed E-state index contributed by atoms with van der Waals surface area (Å²) < 4.78 is 29.4. The molecule has 0 saturated carbocycles. The summed E-state index contributed by atoms with van der Waals surface area (Å²) in [5, 5.41) is 17.4. The van der Waals surface area contributed by atoms with Crippen molar-refractivity contribution < 1.29 is 13.9 Å². The van der Waals surface area contributed by atoms with Gasteiger partial charge in [0.25, 0.3) is 0 Å². The van der Waals surface area contributed by atoms with Crippen LogP contribution in [0.4, 0.5) is 20.4 Å². The van der Waals surface area contributed by atoms with Gasteiger partial charge in [-0.15, -0.1) is 0 Å². The van der Waals surface area contributed by atoms with Crippen LogP contribution in [-0.2, 0) is 13.0 Å². The predicted octanol–water partition coefficient (Wildman–Crippen LogP) is 3.80. The fourth-order valence-electron chi connectivity index (χ4n) is 4.60. The minimum atomic E-state index is -0.955. The number of halogens is 2. The van der Waals surface area contributed by atoms with Crippen molar-refractivity contribution in [1.82, 2.24) is 24.6 Å². The average molecular weight is 456 g/mol. The largest absolute Gasteiger partial charge is 0.396 e. The lowest BCUT2D eigenvalue weighted by molar-refractivity contribution is 0.262. The maximum absolute atomic E-state index is 14.1. The Balaban J connectivity index is 1.49. The molecule has 5 rings (SSSR count). The van der Waals surface area contributed by atoms with Crippen molar-refractivity contribution in [3.63, 3.8) is 0 Å². The molecule has 8 nitrogen and oxygen atoms in total. The third-order valence-electron chi connectivity index (χ3n) is 6.33. The Hall–Kier alpha value is -3.27. The van der Waals surface area contributed by atoms with E-state index in [1.165, 1.54) is 6.07 Å². The number of H-pyrrole nitrogens is 1. The molecule has 0 aliphatic carbocycles. The van der Waals surface area contributed by atoms with E-state index in [1.807, 2.05) is 12.3 Å². The molecule has 0 radical (unpaired) electrons. The van der Waals surface area contributed by atoms with Crippen LogP contribution in [0.15, 0.2) is 24.4 Å². The molecule has 0 spiro atoms. The number of rotatable bonds is 7. The summed E-state index contributed by atoms with van der Waals surface area (Å²) in [6.07, 6.45) is 6.57. The first kappa shape index (κ1) is 21.6. The van der Waals surface area contributed by atoms with E-state index in [-0.39, 0.29) is 24.7 Å². The summed E-state index contributed by atoms with van der Waals surface area (Å²) in [7, 11) is 0. The van der Waals surface area contributed by atoms with E-state index < -0.39 is 11.6 Å². The van der Waals surface area contributed by atoms with E-state index in [0.29, 0.717) is 17.8 Å². The van der Waals surface area contributed by atoms with Crippen LogP contribution in [0.3, 0.4) is 0 Å². The smallest absolute Gasteiger partial charge is 0.186 e. The SMILES string of the molecule is CCc1cnn2c(NCc3nc4c(F)c(F)ccc4[nH]3)cc(N3CCCC[C@H]3CCO)nc12. The minimum absolute atomic E-state index is 0.0140. The molecule has 1 fully saturated rings. The number of fused-ring (bicyclic) bond motifs is 2. The topological polar surface area (TPSA) is 94.4 Å². The van der Waals surface area contributed by atoms with Crippen molar-refractivity contribution in [3.8, 4) is 0 Å². The second-order valence-electron chi connectivity index (χ2n) is 8.41. The zero-order valence-corrected chi connectivity index (χ0v) is 18.5. The highest BCUT2D eigenvalue weighted by Crippen LogP contribution is 2.29. The average Bonchev–Trinajstić information content (AvgIpc) is 3.44. The van der Waals surface area contributed by atoms with Crippen molar-refractivity contribution >= 4 is 28.3 Å². The Morgan fingerprint density at radius 2 is 2.12 bits per heavy atom. The van der Waals surface area contributed by atoms with Gasteiger partial charge in [0.1, 0.15) is 23.0 Å². The van der Waals surface area contributed by atoms with Crippen LogP contribution in [0, 0.1) is 11.6 Å². The molecule has 1 saturated heterocycles. The Labute approximate surface area is 189 Å². The summed E-state index contributed by atoms with van der Waals surface area (Å²) in [4.78, 5) is 14.5. The van der Waals surface area contributed by atoms with E-state index >= 15 is 0 Å². The maximum Gasteiger partial charge on any atom is 0.186 e. The number of aromatic amines is 1. The monoisotopic (exact) mass is 455 g/mol. The van der Waals surface area contributed by atoms with Gasteiger partial charge in [0.2, 0.25) is 0 Å². The van der Waals surface area contributed by atoms with Crippen LogP contribution in [0.1, 0.15) is 44.0 Å². The summed E-state index contributed by atoms with van der Waals surface area (Å²) in [5.74, 6) is 0.186. The number of nitrogens with one attached hydrogen (secondary N) is 2. The first-order chi connectivity index (χ1) is 16.1. The summed E-state index contributed by atoms with van der Waals surface area (Å²) in [6, 6.07) is 4.76. The molecule has 4 aromatic rings. The molecule has 174 valence electrons. The summed E-state index contributed by atoms with van der Waals surface area (Å²) in [6.45, 7) is 3.37. The lowest BCUT2D eigenvalue weighted by Gasteiger charge is -2.36. The molecule has 3 N–H and O–H groups in total. The highest BCUT2D eigenvalue weighted by molar-refractivity contribution is 5.75. The Morgan fingerprint density at radius 1 is 1.24 bits per heavy atom. The van der Waals surface area contributed by atoms with E-state index in [4.69, 9.17) is 4.98 Å². The Bertz CT molecular complexity index is 1280. The number of piperidine rings is 1. The fourth-order valence-corrected chi connectivity index (χ4v) is 4.60. The molecule has 0 bridgehead atoms. The maximum atomic E-state index is 14.1. The van der Waals surface area contributed by atoms with Crippen LogP contribution in [0.5, 0.6) is 0 Å². The number of hydrogen-bond donors (Lipinski definition) is 3. The number of aromatic nitrogens is 5. The molecular weight excluding hydrogens is 428 g/mol. The van der Waals surface area contributed by atoms with E-state index in [1.54, 1.807) is 4.52 Å². The first-order valence-corrected chi connectivity index (χ1v) is 11.4. The minimum Gasteiger partial charge on any atom is -0.396 e. The van der Waals surface area contributed by atoms with E-state index in [0.717, 1.165) is 61.1 Å². The fraction of sp³-hybridized carbons (Fsp3) is 0.435. The van der Waals surface area contributed by atoms with Gasteiger partial charge in [-0.2, -0.15) is 9.61 Å².